The summed E-state index contributed by atoms with van der Waals surface area (Å²) in [7, 11) is 0. The van der Waals surface area contributed by atoms with Crippen molar-refractivity contribution in [3.05, 3.63) is 88.0 Å². The first-order valence-corrected chi connectivity index (χ1v) is 10.0. The average molecular weight is 405 g/mol. The molecule has 0 aliphatic rings. The third kappa shape index (κ3) is 4.09. The summed E-state index contributed by atoms with van der Waals surface area (Å²) in [4.78, 5) is 11.6. The molecule has 0 spiro atoms. The minimum atomic E-state index is -0.466. The minimum Gasteiger partial charge on any atom is -0.502 e. The van der Waals surface area contributed by atoms with Crippen LogP contribution in [0.2, 0.25) is 0 Å². The first kappa shape index (κ1) is 19.0. The van der Waals surface area contributed by atoms with Crippen LogP contribution in [-0.4, -0.2) is 19.9 Å². The van der Waals surface area contributed by atoms with E-state index in [1.165, 1.54) is 29.0 Å². The van der Waals surface area contributed by atoms with Crippen LogP contribution in [0.4, 0.5) is 0 Å². The Morgan fingerprint density at radius 2 is 1.66 bits per heavy atom. The summed E-state index contributed by atoms with van der Waals surface area (Å²) in [6.45, 7) is 4.08. The van der Waals surface area contributed by atoms with Crippen LogP contribution in [0, 0.1) is 13.8 Å². The van der Waals surface area contributed by atoms with Crippen LogP contribution in [-0.2, 0) is 5.75 Å². The summed E-state index contributed by atoms with van der Waals surface area (Å²) in [5.41, 5.74) is 3.79. The molecule has 146 valence electrons. The van der Waals surface area contributed by atoms with Crippen LogP contribution in [0.15, 0.2) is 75.2 Å². The average Bonchev–Trinajstić information content (AvgIpc) is 3.14. The zero-order chi connectivity index (χ0) is 20.4. The molecular formula is C22H19N3O3S. The molecule has 4 aromatic rings. The van der Waals surface area contributed by atoms with Gasteiger partial charge in [-0.25, -0.2) is 0 Å². The van der Waals surface area contributed by atoms with E-state index in [4.69, 9.17) is 4.42 Å². The number of hydrogen-bond donors (Lipinski definition) is 1. The van der Waals surface area contributed by atoms with Gasteiger partial charge in [-0.1, -0.05) is 59.3 Å². The molecule has 0 atom stereocenters. The molecule has 0 saturated heterocycles. The van der Waals surface area contributed by atoms with E-state index in [1.54, 1.807) is 0 Å². The van der Waals surface area contributed by atoms with Gasteiger partial charge in [-0.2, -0.15) is 0 Å². The lowest BCUT2D eigenvalue weighted by Gasteiger charge is -2.11. The van der Waals surface area contributed by atoms with Crippen molar-refractivity contribution in [2.24, 2.45) is 0 Å². The normalized spacial score (nSPS) is 11.0. The van der Waals surface area contributed by atoms with Crippen LogP contribution in [0.5, 0.6) is 5.75 Å². The molecule has 0 bridgehead atoms. The fourth-order valence-corrected chi connectivity index (χ4v) is 3.68. The lowest BCUT2D eigenvalue weighted by atomic mass is 10.1. The van der Waals surface area contributed by atoms with Crippen LogP contribution in [0.25, 0.3) is 17.1 Å². The summed E-state index contributed by atoms with van der Waals surface area (Å²) >= 11 is 1.41. The van der Waals surface area contributed by atoms with Gasteiger partial charge < -0.3 is 9.52 Å². The number of hydrogen-bond acceptors (Lipinski definition) is 6. The number of thioether (sulfide) groups is 1. The van der Waals surface area contributed by atoms with E-state index in [9.17, 15) is 9.90 Å². The quantitative estimate of drug-likeness (QED) is 0.492. The van der Waals surface area contributed by atoms with E-state index in [0.29, 0.717) is 16.7 Å². The summed E-state index contributed by atoms with van der Waals surface area (Å²) in [6, 6.07) is 17.6. The Morgan fingerprint density at radius 3 is 2.31 bits per heavy atom. The molecule has 0 aliphatic carbocycles. The van der Waals surface area contributed by atoms with Crippen LogP contribution in [0.1, 0.15) is 16.9 Å². The summed E-state index contributed by atoms with van der Waals surface area (Å²) in [5, 5.41) is 18.8. The van der Waals surface area contributed by atoms with E-state index in [0.717, 1.165) is 23.3 Å². The van der Waals surface area contributed by atoms with Crippen molar-refractivity contribution in [2.45, 2.75) is 24.8 Å². The van der Waals surface area contributed by atoms with Crippen molar-refractivity contribution in [3.8, 4) is 22.8 Å². The second-order valence-corrected chi connectivity index (χ2v) is 7.67. The Kier molecular flexibility index (Phi) is 5.22. The molecular weight excluding hydrogens is 386 g/mol. The van der Waals surface area contributed by atoms with Gasteiger partial charge in [-0.15, -0.1) is 10.2 Å². The molecule has 2 aromatic carbocycles. The fourth-order valence-electron chi connectivity index (χ4n) is 2.83. The van der Waals surface area contributed by atoms with E-state index >= 15 is 0 Å². The van der Waals surface area contributed by atoms with E-state index in [-0.39, 0.29) is 0 Å². The molecule has 2 aromatic heterocycles. The number of nitrogens with zero attached hydrogens (tertiary/aromatic N) is 3. The van der Waals surface area contributed by atoms with Crippen LogP contribution >= 0.6 is 11.8 Å². The minimum absolute atomic E-state index is 0.382. The predicted octanol–water partition coefficient (Wildman–Crippen LogP) is 4.50. The van der Waals surface area contributed by atoms with Crippen molar-refractivity contribution in [2.75, 3.05) is 0 Å². The van der Waals surface area contributed by atoms with Crippen molar-refractivity contribution >= 4 is 11.8 Å². The van der Waals surface area contributed by atoms with Gasteiger partial charge in [0.15, 0.2) is 16.7 Å². The molecule has 0 amide bonds. The molecule has 7 heteroatoms. The molecule has 2 heterocycles. The standard InChI is InChI=1S/C22H19N3O3S/c1-14-3-7-16(8-4-14)21-23-24-22(25(21)17-9-5-15(2)6-10-17)29-13-18-11-19(26)20(27)12-28-18/h3-12,27H,13H2,1-2H3. The molecule has 0 radical (unpaired) electrons. The van der Waals surface area contributed by atoms with Gasteiger partial charge in [0, 0.05) is 17.3 Å². The Hall–Kier alpha value is -3.32. The van der Waals surface area contributed by atoms with Crippen molar-refractivity contribution < 1.29 is 9.52 Å². The molecule has 4 rings (SSSR count). The highest BCUT2D eigenvalue weighted by atomic mass is 32.2. The third-order valence-electron chi connectivity index (χ3n) is 4.45. The number of aromatic hydroxyl groups is 1. The van der Waals surface area contributed by atoms with Gasteiger partial charge in [0.2, 0.25) is 5.43 Å². The number of aromatic nitrogens is 3. The van der Waals surface area contributed by atoms with Gasteiger partial charge in [0.05, 0.1) is 5.75 Å². The summed E-state index contributed by atoms with van der Waals surface area (Å²) in [5.74, 6) is 1.17. The van der Waals surface area contributed by atoms with Crippen molar-refractivity contribution in [1.29, 1.82) is 0 Å². The predicted molar refractivity (Wildman–Crippen MR) is 112 cm³/mol. The maximum Gasteiger partial charge on any atom is 0.226 e. The number of aryl methyl sites for hydroxylation is 2. The zero-order valence-corrected chi connectivity index (χ0v) is 16.8. The van der Waals surface area contributed by atoms with Gasteiger partial charge in [0.1, 0.15) is 12.0 Å². The van der Waals surface area contributed by atoms with Crippen LogP contribution < -0.4 is 5.43 Å². The largest absolute Gasteiger partial charge is 0.502 e. The number of rotatable bonds is 5. The molecule has 0 fully saturated rings. The smallest absolute Gasteiger partial charge is 0.226 e. The van der Waals surface area contributed by atoms with Gasteiger partial charge in [0.25, 0.3) is 0 Å². The molecule has 0 saturated carbocycles. The SMILES string of the molecule is Cc1ccc(-c2nnc(SCc3cc(=O)c(O)co3)n2-c2ccc(C)cc2)cc1. The molecule has 29 heavy (non-hydrogen) atoms. The molecule has 1 N–H and O–H groups in total. The van der Waals surface area contributed by atoms with Crippen LogP contribution in [0.3, 0.4) is 0 Å². The lowest BCUT2D eigenvalue weighted by molar-refractivity contribution is 0.419. The first-order chi connectivity index (χ1) is 14.0. The highest BCUT2D eigenvalue weighted by Crippen LogP contribution is 2.30. The summed E-state index contributed by atoms with van der Waals surface area (Å²) < 4.78 is 7.29. The van der Waals surface area contributed by atoms with E-state index in [1.807, 2.05) is 66.9 Å². The first-order valence-electron chi connectivity index (χ1n) is 9.04. The molecule has 6 nitrogen and oxygen atoms in total. The molecule has 0 aliphatic heterocycles. The van der Waals surface area contributed by atoms with Gasteiger partial charge in [-0.3, -0.25) is 9.36 Å². The second-order valence-electron chi connectivity index (χ2n) is 6.73. The Bertz CT molecular complexity index is 1200. The molecule has 0 unspecified atom stereocenters. The van der Waals surface area contributed by atoms with Gasteiger partial charge in [-0.05, 0) is 26.0 Å². The highest BCUT2D eigenvalue weighted by molar-refractivity contribution is 7.98. The Morgan fingerprint density at radius 1 is 1.00 bits per heavy atom. The Labute approximate surface area is 171 Å². The Balaban J connectivity index is 1.73. The lowest BCUT2D eigenvalue weighted by Crippen LogP contribution is -2.01. The van der Waals surface area contributed by atoms with Gasteiger partial charge >= 0.3 is 0 Å². The third-order valence-corrected chi connectivity index (χ3v) is 5.40. The van der Waals surface area contributed by atoms with Crippen molar-refractivity contribution in [1.82, 2.24) is 14.8 Å². The number of benzene rings is 2. The maximum absolute atomic E-state index is 11.6. The van der Waals surface area contributed by atoms with E-state index in [2.05, 4.69) is 10.2 Å². The zero-order valence-electron chi connectivity index (χ0n) is 16.0. The maximum atomic E-state index is 11.6. The summed E-state index contributed by atoms with van der Waals surface area (Å²) in [6.07, 6.45) is 1.06. The highest BCUT2D eigenvalue weighted by Gasteiger charge is 2.17. The topological polar surface area (TPSA) is 81.2 Å². The van der Waals surface area contributed by atoms with Crippen molar-refractivity contribution in [3.63, 3.8) is 0 Å². The van der Waals surface area contributed by atoms with E-state index < -0.39 is 11.2 Å². The monoisotopic (exact) mass is 405 g/mol. The fraction of sp³-hybridized carbons (Fsp3) is 0.136. The second kappa shape index (κ2) is 7.97.